The summed E-state index contributed by atoms with van der Waals surface area (Å²) in [6, 6.07) is 7.12. The van der Waals surface area contributed by atoms with E-state index in [1.807, 2.05) is 18.2 Å². The molecule has 0 unspecified atom stereocenters. The van der Waals surface area contributed by atoms with Crippen molar-refractivity contribution < 1.29 is 4.79 Å². The van der Waals surface area contributed by atoms with E-state index in [0.717, 1.165) is 25.8 Å². The van der Waals surface area contributed by atoms with Crippen molar-refractivity contribution in [2.45, 2.75) is 25.3 Å². The molecule has 2 aromatic rings. The summed E-state index contributed by atoms with van der Waals surface area (Å²) in [5.41, 5.74) is 1.36. The molecule has 2 N–H and O–H groups in total. The molecule has 0 saturated carbocycles. The normalized spacial score (nSPS) is 18.4. The van der Waals surface area contributed by atoms with Crippen molar-refractivity contribution in [3.63, 3.8) is 0 Å². The molecule has 0 aliphatic carbocycles. The lowest BCUT2D eigenvalue weighted by molar-refractivity contribution is -0.118. The molecule has 1 aromatic heterocycles. The molecule has 3 rings (SSSR count). The number of rotatable bonds is 3. The van der Waals surface area contributed by atoms with Crippen molar-refractivity contribution in [3.05, 3.63) is 41.7 Å². The van der Waals surface area contributed by atoms with Gasteiger partial charge in [0.2, 0.25) is 5.91 Å². The summed E-state index contributed by atoms with van der Waals surface area (Å²) < 4.78 is 1.66. The molecule has 6 heteroatoms. The van der Waals surface area contributed by atoms with Gasteiger partial charge in [-0.25, -0.2) is 4.68 Å². The highest BCUT2D eigenvalue weighted by Crippen LogP contribution is 2.28. The molecule has 0 radical (unpaired) electrons. The maximum Gasteiger partial charge on any atom is 0.241 e. The van der Waals surface area contributed by atoms with Gasteiger partial charge in [0, 0.05) is 12.4 Å². The van der Waals surface area contributed by atoms with Gasteiger partial charge >= 0.3 is 0 Å². The van der Waals surface area contributed by atoms with Crippen LogP contribution in [0, 0.1) is 0 Å². The van der Waals surface area contributed by atoms with Gasteiger partial charge in [0.05, 0.1) is 16.8 Å². The van der Waals surface area contributed by atoms with Gasteiger partial charge in [0.1, 0.15) is 5.69 Å². The number of nitrogens with zero attached hydrogens (tertiary/aromatic N) is 2. The van der Waals surface area contributed by atoms with Crippen molar-refractivity contribution in [1.29, 1.82) is 0 Å². The maximum absolute atomic E-state index is 12.4. The number of aromatic nitrogens is 2. The smallest absolute Gasteiger partial charge is 0.241 e. The summed E-state index contributed by atoms with van der Waals surface area (Å²) in [6.07, 6.45) is 6.54. The van der Waals surface area contributed by atoms with Crippen LogP contribution in [0.1, 0.15) is 19.3 Å². The van der Waals surface area contributed by atoms with Gasteiger partial charge in [0.25, 0.3) is 0 Å². The highest BCUT2D eigenvalue weighted by molar-refractivity contribution is 6.33. The minimum atomic E-state index is -0.136. The lowest BCUT2D eigenvalue weighted by atomic mass is 10.0. The third kappa shape index (κ3) is 3.09. The van der Waals surface area contributed by atoms with Crippen molar-refractivity contribution in [2.75, 3.05) is 11.9 Å². The second kappa shape index (κ2) is 6.28. The van der Waals surface area contributed by atoms with Crippen molar-refractivity contribution in [3.8, 4) is 5.69 Å². The van der Waals surface area contributed by atoms with E-state index >= 15 is 0 Å². The third-order valence-corrected chi connectivity index (χ3v) is 3.91. The molecule has 110 valence electrons. The largest absolute Gasteiger partial charge is 0.323 e. The van der Waals surface area contributed by atoms with Crippen LogP contribution in [0.5, 0.6) is 0 Å². The number of carbonyl (C=O) groups excluding carboxylic acids is 1. The minimum Gasteiger partial charge on any atom is -0.323 e. The monoisotopic (exact) mass is 304 g/mol. The summed E-state index contributed by atoms with van der Waals surface area (Å²) in [4.78, 5) is 12.4. The second-order valence-corrected chi connectivity index (χ2v) is 5.49. The number of halogens is 1. The Hall–Kier alpha value is -1.85. The van der Waals surface area contributed by atoms with Crippen LogP contribution >= 0.6 is 11.6 Å². The molecule has 1 aromatic carbocycles. The van der Waals surface area contributed by atoms with E-state index in [1.54, 1.807) is 23.1 Å². The Morgan fingerprint density at radius 1 is 1.38 bits per heavy atom. The predicted octanol–water partition coefficient (Wildman–Crippen LogP) is 2.61. The zero-order chi connectivity index (χ0) is 14.7. The number of amides is 1. The molecule has 1 saturated heterocycles. The number of para-hydroxylation sites is 1. The third-order valence-electron chi connectivity index (χ3n) is 3.60. The lowest BCUT2D eigenvalue weighted by Crippen LogP contribution is -2.43. The fraction of sp³-hybridized carbons (Fsp3) is 0.333. The topological polar surface area (TPSA) is 59.0 Å². The molecule has 1 atom stereocenters. The van der Waals surface area contributed by atoms with Gasteiger partial charge in [-0.2, -0.15) is 5.10 Å². The Kier molecular flexibility index (Phi) is 4.22. The Morgan fingerprint density at radius 2 is 2.29 bits per heavy atom. The maximum atomic E-state index is 12.4. The zero-order valence-corrected chi connectivity index (χ0v) is 12.3. The van der Waals surface area contributed by atoms with Crippen molar-refractivity contribution >= 4 is 23.2 Å². The highest BCUT2D eigenvalue weighted by Gasteiger charge is 2.22. The SMILES string of the molecule is O=C(Nc1cccc(Cl)c1-n1cccn1)[C@@H]1CCCCN1. The van der Waals surface area contributed by atoms with Crippen LogP contribution in [0.25, 0.3) is 5.69 Å². The van der Waals surface area contributed by atoms with Gasteiger partial charge in [-0.1, -0.05) is 24.1 Å². The number of piperidine rings is 1. The van der Waals surface area contributed by atoms with Gasteiger partial charge in [0.15, 0.2) is 0 Å². The quantitative estimate of drug-likeness (QED) is 0.916. The van der Waals surface area contributed by atoms with E-state index in [2.05, 4.69) is 15.7 Å². The Labute approximate surface area is 128 Å². The first-order chi connectivity index (χ1) is 10.3. The molecule has 5 nitrogen and oxygen atoms in total. The first-order valence-corrected chi connectivity index (χ1v) is 7.46. The fourth-order valence-corrected chi connectivity index (χ4v) is 2.81. The van der Waals surface area contributed by atoms with Crippen LogP contribution in [0.4, 0.5) is 5.69 Å². The van der Waals surface area contributed by atoms with Crippen LogP contribution < -0.4 is 10.6 Å². The van der Waals surface area contributed by atoms with E-state index in [9.17, 15) is 4.79 Å². The summed E-state index contributed by atoms with van der Waals surface area (Å²) >= 11 is 6.26. The zero-order valence-electron chi connectivity index (χ0n) is 11.6. The average molecular weight is 305 g/mol. The molecule has 0 bridgehead atoms. The number of carbonyl (C=O) groups is 1. The molecule has 2 heterocycles. The predicted molar refractivity (Wildman–Crippen MR) is 82.8 cm³/mol. The second-order valence-electron chi connectivity index (χ2n) is 5.08. The van der Waals surface area contributed by atoms with Crippen molar-refractivity contribution in [2.24, 2.45) is 0 Å². The molecule has 1 aliphatic rings. The van der Waals surface area contributed by atoms with Crippen molar-refractivity contribution in [1.82, 2.24) is 15.1 Å². The Morgan fingerprint density at radius 3 is 3.00 bits per heavy atom. The Balaban J connectivity index is 1.85. The van der Waals surface area contributed by atoms with Crippen LogP contribution in [-0.2, 0) is 4.79 Å². The number of hydrogen-bond acceptors (Lipinski definition) is 3. The molecule has 1 amide bonds. The number of anilines is 1. The van der Waals surface area contributed by atoms with E-state index < -0.39 is 0 Å². The highest BCUT2D eigenvalue weighted by atomic mass is 35.5. The van der Waals surface area contributed by atoms with E-state index in [0.29, 0.717) is 16.4 Å². The van der Waals surface area contributed by atoms with E-state index in [-0.39, 0.29) is 11.9 Å². The summed E-state index contributed by atoms with van der Waals surface area (Å²) in [5.74, 6) is -0.0228. The summed E-state index contributed by atoms with van der Waals surface area (Å²) in [6.45, 7) is 0.889. The van der Waals surface area contributed by atoms with Crippen LogP contribution in [0.15, 0.2) is 36.7 Å². The number of nitrogens with one attached hydrogen (secondary N) is 2. The molecular formula is C15H17ClN4O. The van der Waals surface area contributed by atoms with E-state index in [1.165, 1.54) is 0 Å². The fourth-order valence-electron chi connectivity index (χ4n) is 2.55. The summed E-state index contributed by atoms with van der Waals surface area (Å²) in [7, 11) is 0. The number of benzene rings is 1. The molecule has 1 aliphatic heterocycles. The van der Waals surface area contributed by atoms with Crippen LogP contribution in [0.2, 0.25) is 5.02 Å². The molecular weight excluding hydrogens is 288 g/mol. The van der Waals surface area contributed by atoms with Gasteiger partial charge in [-0.15, -0.1) is 0 Å². The molecule has 21 heavy (non-hydrogen) atoms. The lowest BCUT2D eigenvalue weighted by Gasteiger charge is -2.23. The van der Waals surface area contributed by atoms with E-state index in [4.69, 9.17) is 11.6 Å². The van der Waals surface area contributed by atoms with Crippen LogP contribution in [0.3, 0.4) is 0 Å². The average Bonchev–Trinajstić information content (AvgIpc) is 3.02. The molecule has 1 fully saturated rings. The van der Waals surface area contributed by atoms with Crippen LogP contribution in [-0.4, -0.2) is 28.3 Å². The first-order valence-electron chi connectivity index (χ1n) is 7.08. The standard InChI is InChI=1S/C15H17ClN4O/c16-11-5-3-7-12(14(11)20-10-4-9-18-20)19-15(21)13-6-1-2-8-17-13/h3-5,7,9-10,13,17H,1-2,6,8H2,(H,19,21)/t13-/m0/s1. The van der Waals surface area contributed by atoms with Gasteiger partial charge in [-0.05, 0) is 37.6 Å². The first kappa shape index (κ1) is 14.1. The number of hydrogen-bond donors (Lipinski definition) is 2. The summed E-state index contributed by atoms with van der Waals surface area (Å²) in [5, 5.41) is 10.9. The van der Waals surface area contributed by atoms with Gasteiger partial charge in [-0.3, -0.25) is 4.79 Å². The molecule has 0 spiro atoms. The van der Waals surface area contributed by atoms with Gasteiger partial charge < -0.3 is 10.6 Å². The minimum absolute atomic E-state index is 0.0228. The Bertz CT molecular complexity index is 621.